The van der Waals surface area contributed by atoms with E-state index in [1.54, 1.807) is 6.92 Å². The Balaban J connectivity index is 2.90. The van der Waals surface area contributed by atoms with Crippen molar-refractivity contribution in [3.63, 3.8) is 0 Å². The molecule has 9 heteroatoms. The number of carbonyl (C=O) groups excluding carboxylic acids is 1. The zero-order valence-electron chi connectivity index (χ0n) is 12.0. The van der Waals surface area contributed by atoms with Crippen molar-refractivity contribution in [3.05, 3.63) is 17.6 Å². The summed E-state index contributed by atoms with van der Waals surface area (Å²) >= 11 is 0. The van der Waals surface area contributed by atoms with Crippen LogP contribution in [0.5, 0.6) is 0 Å². The van der Waals surface area contributed by atoms with Gasteiger partial charge in [-0.25, -0.2) is 17.5 Å². The van der Waals surface area contributed by atoms with Gasteiger partial charge in [0.1, 0.15) is 10.7 Å². The summed E-state index contributed by atoms with van der Waals surface area (Å²) in [5.41, 5.74) is 0. The highest BCUT2D eigenvalue weighted by Crippen LogP contribution is 2.23. The second kappa shape index (κ2) is 6.72. The summed E-state index contributed by atoms with van der Waals surface area (Å²) in [5, 5.41) is 8.80. The molecule has 0 bridgehead atoms. The van der Waals surface area contributed by atoms with E-state index in [2.05, 4.69) is 0 Å². The summed E-state index contributed by atoms with van der Waals surface area (Å²) < 4.78 is 35.1. The molecule has 1 N–H and O–H groups in total. The van der Waals surface area contributed by atoms with E-state index in [1.807, 2.05) is 0 Å². The fraction of sp³-hybridized carbons (Fsp3) is 0.500. The third kappa shape index (κ3) is 4.05. The minimum atomic E-state index is -3.92. The largest absolute Gasteiger partial charge is 0.475 e. The summed E-state index contributed by atoms with van der Waals surface area (Å²) in [7, 11) is -2.63. The first-order valence-corrected chi connectivity index (χ1v) is 7.59. The van der Waals surface area contributed by atoms with Crippen molar-refractivity contribution in [1.82, 2.24) is 4.31 Å². The summed E-state index contributed by atoms with van der Waals surface area (Å²) in [6, 6.07) is 0.952. The predicted molar refractivity (Wildman–Crippen MR) is 71.5 cm³/mol. The standard InChI is InChI=1S/C12H17NO7S/c1-4-19-11(14)5-6-13(3)21(17,18)10-7-9(12(15)16)20-8(10)2/h7H,4-6H2,1-3H3,(H,15,16). The van der Waals surface area contributed by atoms with Crippen molar-refractivity contribution in [2.75, 3.05) is 20.2 Å². The molecule has 0 amide bonds. The maximum absolute atomic E-state index is 12.3. The molecule has 8 nitrogen and oxygen atoms in total. The van der Waals surface area contributed by atoms with Crippen LogP contribution in [0.15, 0.2) is 15.4 Å². The topological polar surface area (TPSA) is 114 Å². The average Bonchev–Trinajstić information content (AvgIpc) is 2.79. The van der Waals surface area contributed by atoms with Gasteiger partial charge in [0.05, 0.1) is 13.0 Å². The number of carboxylic acid groups (broad SMARTS) is 1. The van der Waals surface area contributed by atoms with Crippen LogP contribution in [0, 0.1) is 6.92 Å². The zero-order chi connectivity index (χ0) is 16.2. The first kappa shape index (κ1) is 17.2. The number of furan rings is 1. The van der Waals surface area contributed by atoms with E-state index in [-0.39, 0.29) is 30.2 Å². The molecule has 0 spiro atoms. The molecule has 0 aromatic carbocycles. The van der Waals surface area contributed by atoms with Gasteiger partial charge in [-0.1, -0.05) is 0 Å². The van der Waals surface area contributed by atoms with Crippen LogP contribution in [-0.4, -0.2) is 50.0 Å². The second-order valence-corrected chi connectivity index (χ2v) is 6.23. The van der Waals surface area contributed by atoms with Crippen molar-refractivity contribution in [3.8, 4) is 0 Å². The van der Waals surface area contributed by atoms with Crippen LogP contribution in [0.3, 0.4) is 0 Å². The summed E-state index contributed by atoms with van der Waals surface area (Å²) in [4.78, 5) is 21.8. The van der Waals surface area contributed by atoms with Gasteiger partial charge in [0, 0.05) is 19.7 Å². The molecule has 1 heterocycles. The Morgan fingerprint density at radius 1 is 1.43 bits per heavy atom. The lowest BCUT2D eigenvalue weighted by Gasteiger charge is -2.15. The normalized spacial score (nSPS) is 11.6. The molecule has 0 aliphatic carbocycles. The Morgan fingerprint density at radius 3 is 2.52 bits per heavy atom. The van der Waals surface area contributed by atoms with E-state index in [0.717, 1.165) is 10.4 Å². The Kier molecular flexibility index (Phi) is 5.50. The van der Waals surface area contributed by atoms with Gasteiger partial charge in [0.2, 0.25) is 15.8 Å². The number of nitrogens with zero attached hydrogens (tertiary/aromatic N) is 1. The highest BCUT2D eigenvalue weighted by molar-refractivity contribution is 7.89. The average molecular weight is 319 g/mol. The molecule has 0 saturated heterocycles. The number of carboxylic acids is 1. The molecule has 21 heavy (non-hydrogen) atoms. The lowest BCUT2D eigenvalue weighted by atomic mass is 10.4. The van der Waals surface area contributed by atoms with Crippen LogP contribution in [0.2, 0.25) is 0 Å². The van der Waals surface area contributed by atoms with Crippen molar-refractivity contribution in [2.24, 2.45) is 0 Å². The molecule has 0 radical (unpaired) electrons. The Labute approximate surface area is 122 Å². The molecule has 0 aliphatic rings. The van der Waals surface area contributed by atoms with Crippen LogP contribution in [-0.2, 0) is 19.6 Å². The molecule has 118 valence electrons. The molecule has 0 atom stereocenters. The monoisotopic (exact) mass is 319 g/mol. The third-order valence-corrected chi connectivity index (χ3v) is 4.67. The number of rotatable bonds is 7. The second-order valence-electron chi connectivity index (χ2n) is 4.22. The Hall–Kier alpha value is -1.87. The van der Waals surface area contributed by atoms with Crippen LogP contribution in [0.1, 0.15) is 29.7 Å². The van der Waals surface area contributed by atoms with Crippen molar-refractivity contribution >= 4 is 22.0 Å². The number of sulfonamides is 1. The van der Waals surface area contributed by atoms with Crippen LogP contribution in [0.4, 0.5) is 0 Å². The molecule has 0 aliphatic heterocycles. The minimum Gasteiger partial charge on any atom is -0.475 e. The van der Waals surface area contributed by atoms with Gasteiger partial charge >= 0.3 is 11.9 Å². The fourth-order valence-corrected chi connectivity index (χ4v) is 2.93. The van der Waals surface area contributed by atoms with E-state index >= 15 is 0 Å². The molecule has 1 aromatic heterocycles. The zero-order valence-corrected chi connectivity index (χ0v) is 12.8. The van der Waals surface area contributed by atoms with Gasteiger partial charge in [0.25, 0.3) is 0 Å². The smallest absolute Gasteiger partial charge is 0.371 e. The first-order chi connectivity index (χ1) is 9.70. The van der Waals surface area contributed by atoms with Gasteiger partial charge in [-0.05, 0) is 13.8 Å². The molecule has 0 saturated carbocycles. The molecule has 1 rings (SSSR count). The molecule has 0 fully saturated rings. The van der Waals surface area contributed by atoms with Crippen molar-refractivity contribution < 1.29 is 32.3 Å². The third-order valence-electron chi connectivity index (χ3n) is 2.71. The lowest BCUT2D eigenvalue weighted by molar-refractivity contribution is -0.143. The molecule has 0 unspecified atom stereocenters. The van der Waals surface area contributed by atoms with E-state index in [1.165, 1.54) is 14.0 Å². The van der Waals surface area contributed by atoms with E-state index < -0.39 is 27.7 Å². The summed E-state index contributed by atoms with van der Waals surface area (Å²) in [6.45, 7) is 3.16. The summed E-state index contributed by atoms with van der Waals surface area (Å²) in [5.74, 6) is -2.33. The minimum absolute atomic E-state index is 0.0182. The number of ether oxygens (including phenoxy) is 1. The number of carbonyl (C=O) groups is 2. The van der Waals surface area contributed by atoms with Gasteiger partial charge in [-0.15, -0.1) is 0 Å². The fourth-order valence-electron chi connectivity index (χ4n) is 1.60. The molecular weight excluding hydrogens is 302 g/mol. The van der Waals surface area contributed by atoms with E-state index in [9.17, 15) is 18.0 Å². The highest BCUT2D eigenvalue weighted by Gasteiger charge is 2.28. The lowest BCUT2D eigenvalue weighted by Crippen LogP contribution is -2.29. The molecule has 1 aromatic rings. The van der Waals surface area contributed by atoms with Gasteiger partial charge in [-0.2, -0.15) is 0 Å². The highest BCUT2D eigenvalue weighted by atomic mass is 32.2. The number of aryl methyl sites for hydroxylation is 1. The van der Waals surface area contributed by atoms with E-state index in [4.69, 9.17) is 14.3 Å². The number of hydrogen-bond donors (Lipinski definition) is 1. The predicted octanol–water partition coefficient (Wildman–Crippen LogP) is 0.860. The summed E-state index contributed by atoms with van der Waals surface area (Å²) in [6.07, 6.45) is -0.0910. The Morgan fingerprint density at radius 2 is 2.05 bits per heavy atom. The molecular formula is C12H17NO7S. The maximum Gasteiger partial charge on any atom is 0.371 e. The van der Waals surface area contributed by atoms with Crippen LogP contribution in [0.25, 0.3) is 0 Å². The van der Waals surface area contributed by atoms with Gasteiger partial charge in [-0.3, -0.25) is 4.79 Å². The SMILES string of the molecule is CCOC(=O)CCN(C)S(=O)(=O)c1cc(C(=O)O)oc1C. The number of esters is 1. The van der Waals surface area contributed by atoms with Crippen LogP contribution >= 0.6 is 0 Å². The van der Waals surface area contributed by atoms with Gasteiger partial charge < -0.3 is 14.3 Å². The van der Waals surface area contributed by atoms with Crippen LogP contribution < -0.4 is 0 Å². The number of aromatic carboxylic acids is 1. The Bertz CT molecular complexity index is 632. The maximum atomic E-state index is 12.3. The quantitative estimate of drug-likeness (QED) is 0.741. The van der Waals surface area contributed by atoms with Gasteiger partial charge in [0.15, 0.2) is 0 Å². The van der Waals surface area contributed by atoms with Crippen molar-refractivity contribution in [1.29, 1.82) is 0 Å². The number of hydrogen-bond acceptors (Lipinski definition) is 6. The van der Waals surface area contributed by atoms with Crippen molar-refractivity contribution in [2.45, 2.75) is 25.2 Å². The van der Waals surface area contributed by atoms with E-state index in [0.29, 0.717) is 0 Å². The first-order valence-electron chi connectivity index (χ1n) is 6.15.